The molecular weight excluding hydrogens is 605 g/mol. The highest BCUT2D eigenvalue weighted by Gasteiger charge is 2.44. The summed E-state index contributed by atoms with van der Waals surface area (Å²) in [5.41, 5.74) is 15.5. The van der Waals surface area contributed by atoms with Crippen LogP contribution in [0.4, 0.5) is 17.1 Å². The molecule has 0 spiro atoms. The number of hydrogen-bond donors (Lipinski definition) is 0. The Bertz CT molecular complexity index is 2950. The summed E-state index contributed by atoms with van der Waals surface area (Å²) in [5.74, 6) is 0. The van der Waals surface area contributed by atoms with Crippen LogP contribution >= 0.6 is 0 Å². The second-order valence-corrected chi connectivity index (χ2v) is 13.6. The molecule has 0 N–H and O–H groups in total. The Morgan fingerprint density at radius 1 is 0.600 bits per heavy atom. The number of hydrogen-bond acceptors (Lipinski definition) is 2. The van der Waals surface area contributed by atoms with Gasteiger partial charge in [-0.1, -0.05) is 103 Å². The van der Waals surface area contributed by atoms with Gasteiger partial charge in [-0.15, -0.1) is 0 Å². The number of nitrogens with zero attached hydrogens (tertiary/aromatic N) is 3. The molecule has 50 heavy (non-hydrogen) atoms. The van der Waals surface area contributed by atoms with Crippen molar-refractivity contribution in [3.05, 3.63) is 163 Å². The van der Waals surface area contributed by atoms with E-state index < -0.39 is 0 Å². The van der Waals surface area contributed by atoms with E-state index in [9.17, 15) is 5.26 Å². The third-order valence-electron chi connectivity index (χ3n) is 11.1. The number of para-hydroxylation sites is 2. The van der Waals surface area contributed by atoms with Crippen molar-refractivity contribution in [1.82, 2.24) is 4.48 Å². The first-order valence-electron chi connectivity index (χ1n) is 17.2. The Hall–Kier alpha value is -6.57. The molecule has 1 aromatic heterocycles. The van der Waals surface area contributed by atoms with E-state index in [2.05, 4.69) is 162 Å². The van der Waals surface area contributed by atoms with Gasteiger partial charge in [0.05, 0.1) is 11.6 Å². The van der Waals surface area contributed by atoms with Crippen molar-refractivity contribution in [3.63, 3.8) is 0 Å². The summed E-state index contributed by atoms with van der Waals surface area (Å²) in [6, 6.07) is 57.3. The second kappa shape index (κ2) is 9.98. The van der Waals surface area contributed by atoms with Crippen LogP contribution in [0.3, 0.4) is 0 Å². The molecule has 2 aliphatic heterocycles. The second-order valence-electron chi connectivity index (χ2n) is 13.6. The van der Waals surface area contributed by atoms with Gasteiger partial charge in [-0.3, -0.25) is 0 Å². The monoisotopic (exact) mass is 633 g/mol. The number of rotatable bonds is 2. The van der Waals surface area contributed by atoms with Crippen LogP contribution < -0.4 is 15.8 Å². The van der Waals surface area contributed by atoms with Crippen LogP contribution in [0, 0.1) is 18.3 Å². The summed E-state index contributed by atoms with van der Waals surface area (Å²) in [6.45, 7) is 2.27. The van der Waals surface area contributed by atoms with Crippen LogP contribution in [0.15, 0.2) is 152 Å². The Kier molecular flexibility index (Phi) is 5.47. The third kappa shape index (κ3) is 3.48. The number of aromatic nitrogens is 1. The van der Waals surface area contributed by atoms with Gasteiger partial charge < -0.3 is 9.38 Å². The minimum atomic E-state index is -0.0281. The molecule has 0 saturated carbocycles. The van der Waals surface area contributed by atoms with E-state index in [-0.39, 0.29) is 6.85 Å². The molecule has 11 rings (SSSR count). The SMILES string of the molecule is Cc1c(-c2ccc(C#N)cc2)cc2c3c1-c1cc4ccccc4c4c5c6ccccc6ccc5n(c14)B3c1ccccc1N2c1ccccc1. The van der Waals surface area contributed by atoms with Gasteiger partial charge >= 0.3 is 6.85 Å². The fourth-order valence-corrected chi connectivity index (χ4v) is 9.09. The molecule has 3 heterocycles. The zero-order valence-electron chi connectivity index (χ0n) is 27.4. The summed E-state index contributed by atoms with van der Waals surface area (Å²) < 4.78 is 2.66. The molecule has 4 heteroatoms. The molecule has 0 atom stereocenters. The molecular formula is C46H28BN3. The lowest BCUT2D eigenvalue weighted by Gasteiger charge is -2.41. The molecule has 8 aromatic carbocycles. The average Bonchev–Trinajstić information content (AvgIpc) is 3.53. The van der Waals surface area contributed by atoms with Gasteiger partial charge in [0, 0.05) is 44.4 Å². The van der Waals surface area contributed by atoms with E-state index >= 15 is 0 Å². The Morgan fingerprint density at radius 3 is 2.10 bits per heavy atom. The molecule has 0 aliphatic carbocycles. The molecule has 230 valence electrons. The normalized spacial score (nSPS) is 12.8. The molecule has 0 unspecified atom stereocenters. The molecule has 9 aromatic rings. The maximum atomic E-state index is 9.62. The van der Waals surface area contributed by atoms with Crippen LogP contribution in [0.5, 0.6) is 0 Å². The smallest absolute Gasteiger partial charge is 0.333 e. The van der Waals surface area contributed by atoms with Crippen molar-refractivity contribution >= 4 is 78.2 Å². The van der Waals surface area contributed by atoms with E-state index in [0.29, 0.717) is 5.56 Å². The van der Waals surface area contributed by atoms with Crippen LogP contribution in [0.1, 0.15) is 11.1 Å². The topological polar surface area (TPSA) is 32.0 Å². The molecule has 0 bridgehead atoms. The van der Waals surface area contributed by atoms with Crippen molar-refractivity contribution in [3.8, 4) is 28.3 Å². The Balaban J connectivity index is 1.39. The molecule has 0 radical (unpaired) electrons. The van der Waals surface area contributed by atoms with Crippen molar-refractivity contribution in [2.45, 2.75) is 6.92 Å². The first-order valence-corrected chi connectivity index (χ1v) is 17.2. The van der Waals surface area contributed by atoms with Gasteiger partial charge in [0.15, 0.2) is 0 Å². The van der Waals surface area contributed by atoms with Gasteiger partial charge in [-0.2, -0.15) is 5.26 Å². The standard InChI is InChI=1S/C46H28BN3/c1-28-36(31-21-19-29(27-48)20-22-31)26-41-45-42(28)37-25-32-12-6-8-16-35(32)44-43-34-15-7-5-11-30(34)23-24-40(43)50(46(37)44)47(45)38-17-9-10-18-39(38)49(41)33-13-3-2-4-14-33/h2-26H,1H3. The fourth-order valence-electron chi connectivity index (χ4n) is 9.09. The van der Waals surface area contributed by atoms with Gasteiger partial charge in [0.2, 0.25) is 0 Å². The quantitative estimate of drug-likeness (QED) is 0.178. The predicted molar refractivity (Wildman–Crippen MR) is 210 cm³/mol. The summed E-state index contributed by atoms with van der Waals surface area (Å²) in [6.07, 6.45) is 0. The van der Waals surface area contributed by atoms with Crippen molar-refractivity contribution in [1.29, 1.82) is 5.26 Å². The van der Waals surface area contributed by atoms with E-state index in [4.69, 9.17) is 0 Å². The Morgan fingerprint density at radius 2 is 1.30 bits per heavy atom. The maximum Gasteiger partial charge on any atom is 0.333 e. The first-order chi connectivity index (χ1) is 24.7. The largest absolute Gasteiger partial charge is 0.375 e. The number of benzene rings is 8. The lowest BCUT2D eigenvalue weighted by Crippen LogP contribution is -2.56. The van der Waals surface area contributed by atoms with Crippen LogP contribution in [0.25, 0.3) is 65.6 Å². The van der Waals surface area contributed by atoms with Crippen molar-refractivity contribution in [2.24, 2.45) is 0 Å². The highest BCUT2D eigenvalue weighted by molar-refractivity contribution is 6.90. The minimum absolute atomic E-state index is 0.0281. The van der Waals surface area contributed by atoms with Crippen molar-refractivity contribution in [2.75, 3.05) is 4.90 Å². The maximum absolute atomic E-state index is 9.62. The number of anilines is 3. The average molecular weight is 634 g/mol. The van der Waals surface area contributed by atoms with Crippen molar-refractivity contribution < 1.29 is 0 Å². The first kappa shape index (κ1) is 27.4. The molecule has 0 amide bonds. The highest BCUT2D eigenvalue weighted by Crippen LogP contribution is 2.50. The minimum Gasteiger partial charge on any atom is -0.375 e. The summed E-state index contributed by atoms with van der Waals surface area (Å²) in [5, 5.41) is 17.3. The Labute approximate surface area is 290 Å². The molecule has 2 aliphatic rings. The van der Waals surface area contributed by atoms with Gasteiger partial charge in [0.25, 0.3) is 0 Å². The fraction of sp³-hybridized carbons (Fsp3) is 0.0217. The number of fused-ring (bicyclic) bond motifs is 11. The molecule has 0 fully saturated rings. The van der Waals surface area contributed by atoms with Gasteiger partial charge in [-0.25, -0.2) is 0 Å². The van der Waals surface area contributed by atoms with Crippen LogP contribution in [-0.4, -0.2) is 11.3 Å². The van der Waals surface area contributed by atoms with E-state index in [1.54, 1.807) is 0 Å². The van der Waals surface area contributed by atoms with E-state index in [0.717, 1.165) is 11.3 Å². The van der Waals surface area contributed by atoms with E-state index in [1.165, 1.54) is 87.9 Å². The van der Waals surface area contributed by atoms with Crippen LogP contribution in [-0.2, 0) is 0 Å². The number of nitriles is 1. The molecule has 0 saturated heterocycles. The zero-order valence-corrected chi connectivity index (χ0v) is 27.4. The van der Waals surface area contributed by atoms with Gasteiger partial charge in [-0.05, 0) is 110 Å². The van der Waals surface area contributed by atoms with Gasteiger partial charge in [0.1, 0.15) is 0 Å². The third-order valence-corrected chi connectivity index (χ3v) is 11.1. The summed E-state index contributed by atoms with van der Waals surface area (Å²) in [7, 11) is 0. The van der Waals surface area contributed by atoms with Crippen LogP contribution in [0.2, 0.25) is 0 Å². The summed E-state index contributed by atoms with van der Waals surface area (Å²) >= 11 is 0. The molecule has 3 nitrogen and oxygen atoms in total. The summed E-state index contributed by atoms with van der Waals surface area (Å²) in [4.78, 5) is 2.46. The highest BCUT2D eigenvalue weighted by atomic mass is 15.2. The lowest BCUT2D eigenvalue weighted by molar-refractivity contribution is 1.25. The zero-order chi connectivity index (χ0) is 33.1. The predicted octanol–water partition coefficient (Wildman–Crippen LogP) is 10.4. The lowest BCUT2D eigenvalue weighted by atomic mass is 9.44. The van der Waals surface area contributed by atoms with E-state index in [1.807, 2.05) is 12.1 Å².